The molecule has 0 aliphatic rings. The topological polar surface area (TPSA) is 67.4 Å². The Bertz CT molecular complexity index is 955. The minimum atomic E-state index is -3.27. The monoisotopic (exact) mass is 382 g/mol. The Balaban J connectivity index is 1.60. The van der Waals surface area contributed by atoms with Crippen molar-refractivity contribution < 1.29 is 13.2 Å². The molecule has 3 aromatic carbocycles. The van der Waals surface area contributed by atoms with Crippen molar-refractivity contribution in [3.8, 4) is 11.5 Å². The summed E-state index contributed by atoms with van der Waals surface area (Å²) in [6.07, 6.45) is 0.582. The fourth-order valence-corrected chi connectivity index (χ4v) is 3.65. The molecule has 140 valence electrons. The summed E-state index contributed by atoms with van der Waals surface area (Å²) in [5.41, 5.74) is 2.33. The zero-order chi connectivity index (χ0) is 19.1. The number of benzene rings is 3. The van der Waals surface area contributed by atoms with Crippen LogP contribution in [0.2, 0.25) is 0 Å². The quantitative estimate of drug-likeness (QED) is 0.549. The summed E-state index contributed by atoms with van der Waals surface area (Å²) in [6, 6.07) is 24.4. The Morgan fingerprint density at radius 2 is 1.26 bits per heavy atom. The number of hydrogen-bond acceptors (Lipinski definition) is 4. The standard InChI is InChI=1S/C21H22N2O3S/c1-2-16-27(24,25)23-19-10-8-17(9-11-19)22-18-12-14-21(15-13-18)26-20-6-4-3-5-7-20/h3-15,22-23H,2,16H2,1H3. The van der Waals surface area contributed by atoms with Gasteiger partial charge in [-0.15, -0.1) is 0 Å². The van der Waals surface area contributed by atoms with E-state index in [0.717, 1.165) is 22.9 Å². The van der Waals surface area contributed by atoms with Crippen LogP contribution in [0.5, 0.6) is 11.5 Å². The first-order chi connectivity index (χ1) is 13.0. The van der Waals surface area contributed by atoms with E-state index >= 15 is 0 Å². The van der Waals surface area contributed by atoms with Crippen LogP contribution in [0.3, 0.4) is 0 Å². The molecule has 27 heavy (non-hydrogen) atoms. The molecule has 0 bridgehead atoms. The van der Waals surface area contributed by atoms with Gasteiger partial charge in [0.1, 0.15) is 11.5 Å². The predicted octanol–water partition coefficient (Wildman–Crippen LogP) is 5.37. The summed E-state index contributed by atoms with van der Waals surface area (Å²) in [5, 5.41) is 3.28. The van der Waals surface area contributed by atoms with Crippen molar-refractivity contribution in [2.75, 3.05) is 15.8 Å². The summed E-state index contributed by atoms with van der Waals surface area (Å²) in [4.78, 5) is 0. The number of rotatable bonds is 8. The average Bonchev–Trinajstić information content (AvgIpc) is 2.65. The number of para-hydroxylation sites is 1. The third kappa shape index (κ3) is 5.76. The minimum absolute atomic E-state index is 0.115. The van der Waals surface area contributed by atoms with Crippen molar-refractivity contribution in [1.29, 1.82) is 0 Å². The summed E-state index contributed by atoms with van der Waals surface area (Å²) in [6.45, 7) is 1.84. The molecule has 3 aromatic rings. The molecule has 0 radical (unpaired) electrons. The maximum atomic E-state index is 11.8. The van der Waals surface area contributed by atoms with E-state index in [9.17, 15) is 8.42 Å². The van der Waals surface area contributed by atoms with E-state index in [1.54, 1.807) is 12.1 Å². The van der Waals surface area contributed by atoms with E-state index in [0.29, 0.717) is 12.1 Å². The van der Waals surface area contributed by atoms with Crippen molar-refractivity contribution in [1.82, 2.24) is 0 Å². The van der Waals surface area contributed by atoms with Crippen LogP contribution in [-0.4, -0.2) is 14.2 Å². The van der Waals surface area contributed by atoms with Gasteiger partial charge in [-0.25, -0.2) is 8.42 Å². The Labute approximate surface area is 160 Å². The number of sulfonamides is 1. The Morgan fingerprint density at radius 1 is 0.741 bits per heavy atom. The van der Waals surface area contributed by atoms with Gasteiger partial charge in [0.2, 0.25) is 10.0 Å². The highest BCUT2D eigenvalue weighted by Crippen LogP contribution is 2.25. The van der Waals surface area contributed by atoms with Crippen LogP contribution < -0.4 is 14.8 Å². The normalized spacial score (nSPS) is 11.0. The Hall–Kier alpha value is -2.99. The van der Waals surface area contributed by atoms with Gasteiger partial charge in [0.15, 0.2) is 0 Å². The SMILES string of the molecule is CCCS(=O)(=O)Nc1ccc(Nc2ccc(Oc3ccccc3)cc2)cc1. The van der Waals surface area contributed by atoms with Gasteiger partial charge in [-0.1, -0.05) is 25.1 Å². The fourth-order valence-electron chi connectivity index (χ4n) is 2.52. The zero-order valence-electron chi connectivity index (χ0n) is 15.1. The first-order valence-corrected chi connectivity index (χ1v) is 10.4. The van der Waals surface area contributed by atoms with Crippen LogP contribution in [0.25, 0.3) is 0 Å². The maximum Gasteiger partial charge on any atom is 0.232 e. The lowest BCUT2D eigenvalue weighted by Gasteiger charge is -2.10. The molecule has 0 fully saturated rings. The van der Waals surface area contributed by atoms with E-state index in [4.69, 9.17) is 4.74 Å². The molecule has 0 unspecified atom stereocenters. The lowest BCUT2D eigenvalue weighted by Crippen LogP contribution is -2.15. The molecule has 6 heteroatoms. The molecule has 2 N–H and O–H groups in total. The first-order valence-electron chi connectivity index (χ1n) is 8.74. The van der Waals surface area contributed by atoms with Crippen LogP contribution in [0.4, 0.5) is 17.1 Å². The Morgan fingerprint density at radius 3 is 1.85 bits per heavy atom. The van der Waals surface area contributed by atoms with Crippen LogP contribution in [0, 0.1) is 0 Å². The molecular formula is C21H22N2O3S. The van der Waals surface area contributed by atoms with Gasteiger partial charge in [-0.3, -0.25) is 4.72 Å². The number of nitrogens with one attached hydrogen (secondary N) is 2. The molecule has 3 rings (SSSR count). The molecular weight excluding hydrogens is 360 g/mol. The molecule has 0 atom stereocenters. The van der Waals surface area contributed by atoms with Crippen molar-refractivity contribution >= 4 is 27.1 Å². The molecule has 0 heterocycles. The summed E-state index contributed by atoms with van der Waals surface area (Å²) in [5.74, 6) is 1.66. The average molecular weight is 382 g/mol. The van der Waals surface area contributed by atoms with E-state index in [1.165, 1.54) is 0 Å². The lowest BCUT2D eigenvalue weighted by atomic mass is 10.2. The summed E-state index contributed by atoms with van der Waals surface area (Å²) >= 11 is 0. The second kappa shape index (κ2) is 8.60. The van der Waals surface area contributed by atoms with Gasteiger partial charge in [0.25, 0.3) is 0 Å². The van der Waals surface area contributed by atoms with Crippen LogP contribution in [0.15, 0.2) is 78.9 Å². The zero-order valence-corrected chi connectivity index (χ0v) is 15.9. The minimum Gasteiger partial charge on any atom is -0.457 e. The van der Waals surface area contributed by atoms with E-state index in [2.05, 4.69) is 10.0 Å². The number of ether oxygens (including phenoxy) is 1. The largest absolute Gasteiger partial charge is 0.457 e. The fraction of sp³-hybridized carbons (Fsp3) is 0.143. The molecule has 0 aliphatic carbocycles. The van der Waals surface area contributed by atoms with Crippen molar-refractivity contribution in [3.05, 3.63) is 78.9 Å². The van der Waals surface area contributed by atoms with Crippen molar-refractivity contribution in [2.24, 2.45) is 0 Å². The second-order valence-corrected chi connectivity index (χ2v) is 7.90. The smallest absolute Gasteiger partial charge is 0.232 e. The first kappa shape index (κ1) is 18.8. The van der Waals surface area contributed by atoms with Crippen LogP contribution in [0.1, 0.15) is 13.3 Å². The number of hydrogen-bond donors (Lipinski definition) is 2. The number of anilines is 3. The highest BCUT2D eigenvalue weighted by atomic mass is 32.2. The van der Waals surface area contributed by atoms with Crippen molar-refractivity contribution in [3.63, 3.8) is 0 Å². The van der Waals surface area contributed by atoms with Gasteiger partial charge >= 0.3 is 0 Å². The third-order valence-corrected chi connectivity index (χ3v) is 5.25. The predicted molar refractivity (Wildman–Crippen MR) is 110 cm³/mol. The van der Waals surface area contributed by atoms with Gasteiger partial charge in [0, 0.05) is 17.1 Å². The molecule has 0 saturated heterocycles. The van der Waals surface area contributed by atoms with E-state index in [-0.39, 0.29) is 5.75 Å². The summed E-state index contributed by atoms with van der Waals surface area (Å²) < 4.78 is 31.9. The Kier molecular flexibility index (Phi) is 5.98. The van der Waals surface area contributed by atoms with Crippen LogP contribution in [-0.2, 0) is 10.0 Å². The van der Waals surface area contributed by atoms with E-state index in [1.807, 2.05) is 73.7 Å². The van der Waals surface area contributed by atoms with Gasteiger partial charge < -0.3 is 10.1 Å². The lowest BCUT2D eigenvalue weighted by molar-refractivity contribution is 0.483. The molecule has 0 aromatic heterocycles. The molecule has 5 nitrogen and oxygen atoms in total. The van der Waals surface area contributed by atoms with Crippen molar-refractivity contribution in [2.45, 2.75) is 13.3 Å². The highest BCUT2D eigenvalue weighted by Gasteiger charge is 2.08. The highest BCUT2D eigenvalue weighted by molar-refractivity contribution is 7.92. The van der Waals surface area contributed by atoms with Gasteiger partial charge in [0.05, 0.1) is 5.75 Å². The molecule has 0 saturated carbocycles. The van der Waals surface area contributed by atoms with Gasteiger partial charge in [-0.2, -0.15) is 0 Å². The summed E-state index contributed by atoms with van der Waals surface area (Å²) in [7, 11) is -3.27. The molecule has 0 spiro atoms. The second-order valence-electron chi connectivity index (χ2n) is 6.06. The third-order valence-electron chi connectivity index (χ3n) is 3.75. The molecule has 0 amide bonds. The molecule has 0 aliphatic heterocycles. The van der Waals surface area contributed by atoms with Crippen LogP contribution >= 0.6 is 0 Å². The van der Waals surface area contributed by atoms with E-state index < -0.39 is 10.0 Å². The van der Waals surface area contributed by atoms with Gasteiger partial charge in [-0.05, 0) is 67.1 Å². The maximum absolute atomic E-state index is 11.8.